The Bertz CT molecular complexity index is 1380. The molecule has 35 heavy (non-hydrogen) atoms. The van der Waals surface area contributed by atoms with Gasteiger partial charge in [-0.05, 0) is 79.7 Å². The SMILES string of the molecule is COC(=O)c1ccccc1-c1ccc([C@H]2[C@@H](c3ccccn3)NC(=S)N2c2cc(C)cc(C)c2)o1. The highest BCUT2D eigenvalue weighted by Gasteiger charge is 2.42. The number of anilines is 1. The number of carbonyl (C=O) groups is 1. The lowest BCUT2D eigenvalue weighted by atomic mass is 10.0. The van der Waals surface area contributed by atoms with Crippen molar-refractivity contribution in [2.75, 3.05) is 12.0 Å². The number of ether oxygens (including phenoxy) is 1. The average Bonchev–Trinajstić information content (AvgIpc) is 3.48. The van der Waals surface area contributed by atoms with E-state index in [0.717, 1.165) is 22.5 Å². The molecule has 4 aromatic rings. The minimum absolute atomic E-state index is 0.223. The Morgan fingerprint density at radius 1 is 1.03 bits per heavy atom. The fourth-order valence-corrected chi connectivity index (χ4v) is 5.00. The van der Waals surface area contributed by atoms with E-state index in [2.05, 4.69) is 47.2 Å². The van der Waals surface area contributed by atoms with Crippen LogP contribution in [0, 0.1) is 13.8 Å². The lowest BCUT2D eigenvalue weighted by Gasteiger charge is -2.26. The summed E-state index contributed by atoms with van der Waals surface area (Å²) in [6.45, 7) is 4.14. The van der Waals surface area contributed by atoms with Gasteiger partial charge in [-0.15, -0.1) is 0 Å². The quantitative estimate of drug-likeness (QED) is 0.279. The van der Waals surface area contributed by atoms with Gasteiger partial charge in [-0.1, -0.05) is 30.3 Å². The number of rotatable bonds is 5. The summed E-state index contributed by atoms with van der Waals surface area (Å²) in [5, 5.41) is 4.06. The summed E-state index contributed by atoms with van der Waals surface area (Å²) < 4.78 is 11.4. The van der Waals surface area contributed by atoms with E-state index in [1.165, 1.54) is 7.11 Å². The van der Waals surface area contributed by atoms with Crippen molar-refractivity contribution in [2.24, 2.45) is 0 Å². The summed E-state index contributed by atoms with van der Waals surface area (Å²) in [5.74, 6) is 0.881. The van der Waals surface area contributed by atoms with E-state index >= 15 is 0 Å². The molecule has 5 rings (SSSR count). The maximum absolute atomic E-state index is 12.3. The molecule has 0 radical (unpaired) electrons. The molecule has 0 unspecified atom stereocenters. The van der Waals surface area contributed by atoms with Crippen molar-refractivity contribution in [2.45, 2.75) is 25.9 Å². The van der Waals surface area contributed by atoms with Crippen LogP contribution in [0.4, 0.5) is 5.69 Å². The van der Waals surface area contributed by atoms with Gasteiger partial charge >= 0.3 is 5.97 Å². The zero-order valence-corrected chi connectivity index (χ0v) is 20.5. The number of methoxy groups -OCH3 is 1. The van der Waals surface area contributed by atoms with Gasteiger partial charge in [-0.25, -0.2) is 4.79 Å². The fraction of sp³-hybridized carbons (Fsp3) is 0.179. The molecular formula is C28H25N3O3S. The second kappa shape index (κ2) is 9.35. The van der Waals surface area contributed by atoms with Gasteiger partial charge in [0.15, 0.2) is 5.11 Å². The van der Waals surface area contributed by atoms with Gasteiger partial charge < -0.3 is 19.4 Å². The molecule has 0 saturated carbocycles. The molecule has 1 fully saturated rings. The van der Waals surface area contributed by atoms with Crippen LogP contribution in [0.3, 0.4) is 0 Å². The number of nitrogens with one attached hydrogen (secondary N) is 1. The second-order valence-corrected chi connectivity index (χ2v) is 8.97. The standard InChI is InChI=1S/C28H25N3O3S/c1-17-14-18(2)16-19(15-17)31-26(25(30-28(31)35)22-10-6-7-13-29-22)24-12-11-23(34-24)20-8-4-5-9-21(20)27(32)33-3/h4-16,25-26H,1-3H3,(H,30,35)/t25-,26+/m1/s1. The zero-order valence-electron chi connectivity index (χ0n) is 19.7. The van der Waals surface area contributed by atoms with Crippen molar-refractivity contribution in [3.63, 3.8) is 0 Å². The van der Waals surface area contributed by atoms with E-state index in [4.69, 9.17) is 21.4 Å². The summed E-state index contributed by atoms with van der Waals surface area (Å²) >= 11 is 5.82. The summed E-state index contributed by atoms with van der Waals surface area (Å²) in [5.41, 5.74) is 5.26. The third kappa shape index (κ3) is 4.31. The summed E-state index contributed by atoms with van der Waals surface area (Å²) in [4.78, 5) is 19.0. The van der Waals surface area contributed by atoms with Crippen LogP contribution in [-0.2, 0) is 4.74 Å². The first-order chi connectivity index (χ1) is 17.0. The number of aromatic nitrogens is 1. The normalized spacial score (nSPS) is 17.3. The number of aryl methyl sites for hydroxylation is 2. The Morgan fingerprint density at radius 2 is 1.77 bits per heavy atom. The number of pyridine rings is 1. The van der Waals surface area contributed by atoms with Gasteiger partial charge in [-0.2, -0.15) is 0 Å². The van der Waals surface area contributed by atoms with Crippen LogP contribution in [0.15, 0.2) is 83.4 Å². The van der Waals surface area contributed by atoms with Crippen molar-refractivity contribution in [3.8, 4) is 11.3 Å². The van der Waals surface area contributed by atoms with Crippen LogP contribution in [0.1, 0.15) is 45.0 Å². The molecule has 0 bridgehead atoms. The maximum Gasteiger partial charge on any atom is 0.338 e. The molecule has 7 heteroatoms. The first kappa shape index (κ1) is 22.8. The molecule has 2 atom stereocenters. The molecule has 2 aromatic heterocycles. The van der Waals surface area contributed by atoms with Crippen LogP contribution >= 0.6 is 12.2 Å². The molecule has 3 heterocycles. The third-order valence-corrected chi connectivity index (χ3v) is 6.41. The number of nitrogens with zero attached hydrogens (tertiary/aromatic N) is 2. The molecule has 1 N–H and O–H groups in total. The van der Waals surface area contributed by atoms with Gasteiger partial charge in [0.2, 0.25) is 0 Å². The predicted octanol–water partition coefficient (Wildman–Crippen LogP) is 5.92. The second-order valence-electron chi connectivity index (χ2n) is 8.58. The van der Waals surface area contributed by atoms with Crippen LogP contribution in [0.25, 0.3) is 11.3 Å². The average molecular weight is 484 g/mol. The van der Waals surface area contributed by atoms with Crippen molar-refractivity contribution >= 4 is 29.0 Å². The lowest BCUT2D eigenvalue weighted by molar-refractivity contribution is 0.0601. The van der Waals surface area contributed by atoms with Gasteiger partial charge in [0.25, 0.3) is 0 Å². The molecule has 176 valence electrons. The van der Waals surface area contributed by atoms with Gasteiger partial charge in [0, 0.05) is 17.4 Å². The van der Waals surface area contributed by atoms with Gasteiger partial charge in [0.05, 0.1) is 24.4 Å². The fourth-order valence-electron chi connectivity index (χ4n) is 4.65. The lowest BCUT2D eigenvalue weighted by Crippen LogP contribution is -2.29. The van der Waals surface area contributed by atoms with Crippen molar-refractivity contribution in [1.82, 2.24) is 10.3 Å². The Labute approximate surface area is 209 Å². The molecule has 0 amide bonds. The third-order valence-electron chi connectivity index (χ3n) is 6.10. The molecule has 6 nitrogen and oxygen atoms in total. The summed E-state index contributed by atoms with van der Waals surface area (Å²) in [6.07, 6.45) is 1.77. The highest BCUT2D eigenvalue weighted by molar-refractivity contribution is 7.80. The Balaban J connectivity index is 1.63. The molecule has 2 aromatic carbocycles. The molecule has 1 saturated heterocycles. The van der Waals surface area contributed by atoms with E-state index in [9.17, 15) is 4.79 Å². The number of carbonyl (C=O) groups excluding carboxylic acids is 1. The van der Waals surface area contributed by atoms with Crippen molar-refractivity contribution < 1.29 is 13.9 Å². The predicted molar refractivity (Wildman–Crippen MR) is 139 cm³/mol. The van der Waals surface area contributed by atoms with Crippen LogP contribution in [0.2, 0.25) is 0 Å². The van der Waals surface area contributed by atoms with Gasteiger partial charge in [0.1, 0.15) is 17.6 Å². The molecule has 0 aliphatic carbocycles. The van der Waals surface area contributed by atoms with Crippen molar-refractivity contribution in [1.29, 1.82) is 0 Å². The van der Waals surface area contributed by atoms with Crippen LogP contribution in [0.5, 0.6) is 0 Å². The van der Waals surface area contributed by atoms with Crippen LogP contribution < -0.4 is 10.2 Å². The van der Waals surface area contributed by atoms with E-state index in [1.807, 2.05) is 42.5 Å². The zero-order chi connectivity index (χ0) is 24.5. The Morgan fingerprint density at radius 3 is 2.49 bits per heavy atom. The largest absolute Gasteiger partial charge is 0.465 e. The monoisotopic (exact) mass is 483 g/mol. The van der Waals surface area contributed by atoms with E-state index in [1.54, 1.807) is 18.3 Å². The topological polar surface area (TPSA) is 67.6 Å². The number of benzene rings is 2. The number of hydrogen-bond acceptors (Lipinski definition) is 5. The van der Waals surface area contributed by atoms with E-state index in [-0.39, 0.29) is 12.1 Å². The summed E-state index contributed by atoms with van der Waals surface area (Å²) in [6, 6.07) is 22.8. The minimum atomic E-state index is -0.412. The van der Waals surface area contributed by atoms with Crippen LogP contribution in [-0.4, -0.2) is 23.2 Å². The Hall–Kier alpha value is -3.97. The van der Waals surface area contributed by atoms with E-state index < -0.39 is 5.97 Å². The highest BCUT2D eigenvalue weighted by atomic mass is 32.1. The smallest absolute Gasteiger partial charge is 0.338 e. The van der Waals surface area contributed by atoms with E-state index in [0.29, 0.717) is 27.8 Å². The van der Waals surface area contributed by atoms with Gasteiger partial charge in [-0.3, -0.25) is 4.98 Å². The first-order valence-electron chi connectivity index (χ1n) is 11.3. The number of furan rings is 1. The number of hydrogen-bond donors (Lipinski definition) is 1. The maximum atomic E-state index is 12.3. The molecule has 1 aliphatic heterocycles. The molecule has 1 aliphatic rings. The number of esters is 1. The number of thiocarbonyl (C=S) groups is 1. The first-order valence-corrected chi connectivity index (χ1v) is 11.7. The minimum Gasteiger partial charge on any atom is -0.465 e. The molecule has 0 spiro atoms. The molecular weight excluding hydrogens is 458 g/mol. The van der Waals surface area contributed by atoms with Crippen molar-refractivity contribution in [3.05, 3.63) is 107 Å². The summed E-state index contributed by atoms with van der Waals surface area (Å²) in [7, 11) is 1.37. The Kier molecular flexibility index (Phi) is 6.09. The highest BCUT2D eigenvalue weighted by Crippen LogP contribution is 2.43.